The van der Waals surface area contributed by atoms with Crippen LogP contribution in [0.4, 0.5) is 0 Å². The van der Waals surface area contributed by atoms with E-state index >= 15 is 0 Å². The average molecular weight is 300 g/mol. The zero-order valence-electron chi connectivity index (χ0n) is 12.4. The van der Waals surface area contributed by atoms with Gasteiger partial charge >= 0.3 is 0 Å². The second-order valence-electron chi connectivity index (χ2n) is 5.61. The van der Waals surface area contributed by atoms with Gasteiger partial charge in [0.2, 0.25) is 0 Å². The summed E-state index contributed by atoms with van der Waals surface area (Å²) in [6.45, 7) is 6.35. The SMILES string of the molecule is CC(C)CNCCc1ncc(-c2csc3ccccc23)o1. The fraction of sp³-hybridized carbons (Fsp3) is 0.353. The van der Waals surface area contributed by atoms with Crippen LogP contribution in [0.3, 0.4) is 0 Å². The molecule has 0 spiro atoms. The lowest BCUT2D eigenvalue weighted by atomic mass is 10.1. The molecule has 0 unspecified atom stereocenters. The van der Waals surface area contributed by atoms with Gasteiger partial charge in [-0.3, -0.25) is 0 Å². The number of fused-ring (bicyclic) bond motifs is 1. The van der Waals surface area contributed by atoms with Crippen LogP contribution in [-0.4, -0.2) is 18.1 Å². The van der Waals surface area contributed by atoms with Gasteiger partial charge in [0.25, 0.3) is 0 Å². The van der Waals surface area contributed by atoms with Crippen LogP contribution in [-0.2, 0) is 6.42 Å². The van der Waals surface area contributed by atoms with E-state index in [9.17, 15) is 0 Å². The van der Waals surface area contributed by atoms with Crippen LogP contribution in [0.25, 0.3) is 21.4 Å². The molecule has 0 atom stereocenters. The van der Waals surface area contributed by atoms with Gasteiger partial charge in [0.05, 0.1) is 6.20 Å². The molecule has 3 aromatic rings. The van der Waals surface area contributed by atoms with Gasteiger partial charge in [-0.2, -0.15) is 0 Å². The van der Waals surface area contributed by atoms with Gasteiger partial charge in [0.15, 0.2) is 11.7 Å². The number of nitrogens with one attached hydrogen (secondary N) is 1. The third-order valence-corrected chi connectivity index (χ3v) is 4.33. The van der Waals surface area contributed by atoms with Crippen molar-refractivity contribution < 1.29 is 4.42 Å². The average Bonchev–Trinajstić information content (AvgIpc) is 3.09. The van der Waals surface area contributed by atoms with Crippen molar-refractivity contribution in [1.29, 1.82) is 0 Å². The molecule has 0 aliphatic rings. The van der Waals surface area contributed by atoms with Gasteiger partial charge < -0.3 is 9.73 Å². The molecule has 0 radical (unpaired) electrons. The van der Waals surface area contributed by atoms with Crippen LogP contribution in [0.15, 0.2) is 40.3 Å². The van der Waals surface area contributed by atoms with E-state index in [2.05, 4.69) is 53.8 Å². The number of rotatable bonds is 6. The molecule has 0 amide bonds. The van der Waals surface area contributed by atoms with E-state index in [0.717, 1.165) is 36.7 Å². The highest BCUT2D eigenvalue weighted by Gasteiger charge is 2.11. The van der Waals surface area contributed by atoms with Crippen molar-refractivity contribution in [3.63, 3.8) is 0 Å². The molecule has 21 heavy (non-hydrogen) atoms. The third kappa shape index (κ3) is 3.34. The van der Waals surface area contributed by atoms with Gasteiger partial charge in [0, 0.05) is 34.0 Å². The molecule has 3 nitrogen and oxygen atoms in total. The molecule has 4 heteroatoms. The van der Waals surface area contributed by atoms with Crippen molar-refractivity contribution in [1.82, 2.24) is 10.3 Å². The normalized spacial score (nSPS) is 11.6. The number of nitrogens with zero attached hydrogens (tertiary/aromatic N) is 1. The molecule has 3 rings (SSSR count). The maximum atomic E-state index is 5.90. The molecular formula is C17H20N2OS. The van der Waals surface area contributed by atoms with Crippen molar-refractivity contribution in [3.05, 3.63) is 41.7 Å². The summed E-state index contributed by atoms with van der Waals surface area (Å²) in [4.78, 5) is 4.39. The van der Waals surface area contributed by atoms with Crippen LogP contribution in [0.1, 0.15) is 19.7 Å². The van der Waals surface area contributed by atoms with Crippen molar-refractivity contribution in [3.8, 4) is 11.3 Å². The summed E-state index contributed by atoms with van der Waals surface area (Å²) in [5.74, 6) is 2.34. The highest BCUT2D eigenvalue weighted by atomic mass is 32.1. The molecule has 2 heterocycles. The summed E-state index contributed by atoms with van der Waals surface area (Å²) in [7, 11) is 0. The van der Waals surface area contributed by atoms with E-state index in [1.807, 2.05) is 6.20 Å². The highest BCUT2D eigenvalue weighted by molar-refractivity contribution is 7.17. The largest absolute Gasteiger partial charge is 0.441 e. The maximum Gasteiger partial charge on any atom is 0.196 e. The lowest BCUT2D eigenvalue weighted by Gasteiger charge is -2.05. The molecule has 110 valence electrons. The van der Waals surface area contributed by atoms with E-state index in [0.29, 0.717) is 5.92 Å². The van der Waals surface area contributed by atoms with E-state index in [1.54, 1.807) is 11.3 Å². The Morgan fingerprint density at radius 2 is 2.14 bits per heavy atom. The van der Waals surface area contributed by atoms with Gasteiger partial charge in [0.1, 0.15) is 0 Å². The summed E-state index contributed by atoms with van der Waals surface area (Å²) in [5, 5.41) is 6.79. The molecule has 0 aliphatic carbocycles. The predicted octanol–water partition coefficient (Wildman–Crippen LogP) is 4.34. The van der Waals surface area contributed by atoms with Gasteiger partial charge in [-0.15, -0.1) is 11.3 Å². The smallest absolute Gasteiger partial charge is 0.196 e. The van der Waals surface area contributed by atoms with Gasteiger partial charge in [-0.25, -0.2) is 4.98 Å². The standard InChI is InChI=1S/C17H20N2OS/c1-12(2)9-18-8-7-17-19-10-15(20-17)14-11-21-16-6-4-3-5-13(14)16/h3-6,10-12,18H,7-9H2,1-2H3. The molecule has 2 aromatic heterocycles. The fourth-order valence-electron chi connectivity index (χ4n) is 2.31. The summed E-state index contributed by atoms with van der Waals surface area (Å²) in [6.07, 6.45) is 2.67. The lowest BCUT2D eigenvalue weighted by molar-refractivity contribution is 0.483. The van der Waals surface area contributed by atoms with Crippen molar-refractivity contribution >= 4 is 21.4 Å². The number of thiophene rings is 1. The van der Waals surface area contributed by atoms with Crippen LogP contribution in [0.5, 0.6) is 0 Å². The first-order chi connectivity index (χ1) is 10.2. The Bertz CT molecular complexity index is 714. The second kappa shape index (κ2) is 6.41. The van der Waals surface area contributed by atoms with E-state index in [-0.39, 0.29) is 0 Å². The first kappa shape index (κ1) is 14.3. The Morgan fingerprint density at radius 1 is 1.29 bits per heavy atom. The first-order valence-electron chi connectivity index (χ1n) is 7.36. The minimum absolute atomic E-state index is 0.669. The summed E-state index contributed by atoms with van der Waals surface area (Å²) < 4.78 is 7.18. The molecule has 1 aromatic carbocycles. The Kier molecular flexibility index (Phi) is 4.36. The maximum absolute atomic E-state index is 5.90. The molecule has 0 fully saturated rings. The van der Waals surface area contributed by atoms with Gasteiger partial charge in [-0.05, 0) is 18.5 Å². The van der Waals surface area contributed by atoms with Crippen molar-refractivity contribution in [2.45, 2.75) is 20.3 Å². The monoisotopic (exact) mass is 300 g/mol. The van der Waals surface area contributed by atoms with Gasteiger partial charge in [-0.1, -0.05) is 32.0 Å². The first-order valence-corrected chi connectivity index (χ1v) is 8.24. The van der Waals surface area contributed by atoms with E-state index < -0.39 is 0 Å². The molecule has 0 saturated heterocycles. The lowest BCUT2D eigenvalue weighted by Crippen LogP contribution is -2.22. The minimum atomic E-state index is 0.669. The highest BCUT2D eigenvalue weighted by Crippen LogP contribution is 2.33. The van der Waals surface area contributed by atoms with Crippen LogP contribution >= 0.6 is 11.3 Å². The van der Waals surface area contributed by atoms with Crippen molar-refractivity contribution in [2.75, 3.05) is 13.1 Å². The summed E-state index contributed by atoms with van der Waals surface area (Å²) in [6, 6.07) is 8.39. The number of oxazole rings is 1. The second-order valence-corrected chi connectivity index (χ2v) is 6.52. The van der Waals surface area contributed by atoms with Crippen LogP contribution in [0, 0.1) is 5.92 Å². The topological polar surface area (TPSA) is 38.1 Å². The quantitative estimate of drug-likeness (QED) is 0.688. The summed E-state index contributed by atoms with van der Waals surface area (Å²) in [5.41, 5.74) is 1.14. The van der Waals surface area contributed by atoms with Crippen molar-refractivity contribution in [2.24, 2.45) is 5.92 Å². The molecule has 0 aliphatic heterocycles. The molecule has 1 N–H and O–H groups in total. The van der Waals surface area contributed by atoms with Crippen LogP contribution in [0.2, 0.25) is 0 Å². The van der Waals surface area contributed by atoms with Crippen LogP contribution < -0.4 is 5.32 Å². The summed E-state index contributed by atoms with van der Waals surface area (Å²) >= 11 is 1.74. The number of benzene rings is 1. The third-order valence-electron chi connectivity index (χ3n) is 3.37. The Balaban J connectivity index is 1.70. The number of aromatic nitrogens is 1. The number of hydrogen-bond acceptors (Lipinski definition) is 4. The zero-order valence-corrected chi connectivity index (χ0v) is 13.2. The zero-order chi connectivity index (χ0) is 14.7. The molecular weight excluding hydrogens is 280 g/mol. The Hall–Kier alpha value is -1.65. The molecule has 0 saturated carbocycles. The van der Waals surface area contributed by atoms with E-state index in [4.69, 9.17) is 4.42 Å². The Morgan fingerprint density at radius 3 is 3.00 bits per heavy atom. The Labute approximate surface area is 129 Å². The fourth-order valence-corrected chi connectivity index (χ4v) is 3.26. The predicted molar refractivity (Wildman–Crippen MR) is 88.7 cm³/mol. The number of hydrogen-bond donors (Lipinski definition) is 1. The van der Waals surface area contributed by atoms with E-state index in [1.165, 1.54) is 10.1 Å². The molecule has 0 bridgehead atoms. The minimum Gasteiger partial charge on any atom is -0.441 e.